The maximum Gasteiger partial charge on any atom is 0.223 e. The molecule has 2 aromatic rings. The minimum Gasteiger partial charge on any atom is -0.497 e. The van der Waals surface area contributed by atoms with Gasteiger partial charge in [-0.2, -0.15) is 0 Å². The predicted octanol–water partition coefficient (Wildman–Crippen LogP) is 2.06. The fraction of sp³-hybridized carbons (Fsp3) is 0.458. The standard InChI is InChI=1S/C24H32N2O5/c1-17-3-5-18(6-4-17)24(29)22(16-26-13-11-19(27)15-26)25-23(28)12-14-31-21-9-7-20(30-2)8-10-21/h3-10,19,22,24,27,29H,11-16H2,1-2H3,(H,25,28)/t19-,22+,24+/m0/s1. The van der Waals surface area contributed by atoms with E-state index in [-0.39, 0.29) is 25.0 Å². The number of carbonyl (C=O) groups is 1. The minimum absolute atomic E-state index is 0.172. The van der Waals surface area contributed by atoms with E-state index < -0.39 is 12.1 Å². The zero-order chi connectivity index (χ0) is 22.2. The molecule has 7 heteroatoms. The van der Waals surface area contributed by atoms with E-state index in [4.69, 9.17) is 9.47 Å². The summed E-state index contributed by atoms with van der Waals surface area (Å²) in [5.74, 6) is 1.21. The van der Waals surface area contributed by atoms with E-state index in [1.54, 1.807) is 31.4 Å². The van der Waals surface area contributed by atoms with Crippen molar-refractivity contribution in [3.05, 3.63) is 59.7 Å². The highest BCUT2D eigenvalue weighted by atomic mass is 16.5. The van der Waals surface area contributed by atoms with Crippen LogP contribution in [0.3, 0.4) is 0 Å². The minimum atomic E-state index is -0.843. The molecule has 7 nitrogen and oxygen atoms in total. The number of aliphatic hydroxyl groups excluding tert-OH is 2. The third-order valence-corrected chi connectivity index (χ3v) is 5.51. The van der Waals surface area contributed by atoms with Gasteiger partial charge in [0.25, 0.3) is 0 Å². The molecule has 3 atom stereocenters. The molecule has 0 spiro atoms. The van der Waals surface area contributed by atoms with Gasteiger partial charge in [0.15, 0.2) is 0 Å². The predicted molar refractivity (Wildman–Crippen MR) is 118 cm³/mol. The topological polar surface area (TPSA) is 91.3 Å². The number of methoxy groups -OCH3 is 1. The number of hydrogen-bond acceptors (Lipinski definition) is 6. The van der Waals surface area contributed by atoms with Crippen LogP contribution in [0.4, 0.5) is 0 Å². The number of aryl methyl sites for hydroxylation is 1. The molecule has 3 N–H and O–H groups in total. The van der Waals surface area contributed by atoms with Gasteiger partial charge in [-0.3, -0.25) is 9.69 Å². The number of nitrogens with zero attached hydrogens (tertiary/aromatic N) is 1. The van der Waals surface area contributed by atoms with Crippen LogP contribution in [0.1, 0.15) is 30.1 Å². The Morgan fingerprint density at radius 2 is 1.84 bits per heavy atom. The van der Waals surface area contributed by atoms with Crippen molar-refractivity contribution in [1.82, 2.24) is 10.2 Å². The Morgan fingerprint density at radius 3 is 2.45 bits per heavy atom. The van der Waals surface area contributed by atoms with Crippen LogP contribution < -0.4 is 14.8 Å². The van der Waals surface area contributed by atoms with Crippen LogP contribution in [0.15, 0.2) is 48.5 Å². The Kier molecular flexibility index (Phi) is 8.28. The number of carbonyl (C=O) groups excluding carboxylic acids is 1. The molecule has 0 bridgehead atoms. The van der Waals surface area contributed by atoms with Crippen molar-refractivity contribution >= 4 is 5.91 Å². The average Bonchev–Trinajstić information content (AvgIpc) is 3.18. The van der Waals surface area contributed by atoms with Crippen molar-refractivity contribution in [2.24, 2.45) is 0 Å². The van der Waals surface area contributed by atoms with Crippen molar-refractivity contribution < 1.29 is 24.5 Å². The molecule has 1 saturated heterocycles. The average molecular weight is 429 g/mol. The summed E-state index contributed by atoms with van der Waals surface area (Å²) in [6.45, 7) is 3.98. The number of amides is 1. The SMILES string of the molecule is COc1ccc(OCCC(=O)N[C@H](CN2CC[C@H](O)C2)[C@H](O)c2ccc(C)cc2)cc1. The molecule has 1 aliphatic rings. The van der Waals surface area contributed by atoms with E-state index in [0.717, 1.165) is 23.4 Å². The first kappa shape index (κ1) is 23.1. The molecule has 0 radical (unpaired) electrons. The Bertz CT molecular complexity index is 825. The number of rotatable bonds is 10. The van der Waals surface area contributed by atoms with Gasteiger partial charge in [0, 0.05) is 19.6 Å². The van der Waals surface area contributed by atoms with Gasteiger partial charge < -0.3 is 25.0 Å². The summed E-state index contributed by atoms with van der Waals surface area (Å²) >= 11 is 0. The van der Waals surface area contributed by atoms with Gasteiger partial charge in [0.05, 0.1) is 32.3 Å². The van der Waals surface area contributed by atoms with E-state index >= 15 is 0 Å². The van der Waals surface area contributed by atoms with E-state index in [0.29, 0.717) is 25.3 Å². The summed E-state index contributed by atoms with van der Waals surface area (Å²) in [6, 6.07) is 14.3. The van der Waals surface area contributed by atoms with Crippen LogP contribution in [0.25, 0.3) is 0 Å². The Labute approximate surface area is 183 Å². The lowest BCUT2D eigenvalue weighted by Gasteiger charge is -2.29. The quantitative estimate of drug-likeness (QED) is 0.537. The summed E-state index contributed by atoms with van der Waals surface area (Å²) in [6.07, 6.45) is -0.321. The molecular formula is C24H32N2O5. The van der Waals surface area contributed by atoms with Gasteiger partial charge in [-0.05, 0) is 43.2 Å². The molecule has 2 aromatic carbocycles. The highest BCUT2D eigenvalue weighted by Gasteiger charge is 2.28. The first-order valence-corrected chi connectivity index (χ1v) is 10.7. The summed E-state index contributed by atoms with van der Waals surface area (Å²) in [4.78, 5) is 14.7. The smallest absolute Gasteiger partial charge is 0.223 e. The lowest BCUT2D eigenvalue weighted by Crippen LogP contribution is -2.47. The number of hydrogen-bond donors (Lipinski definition) is 3. The first-order chi connectivity index (χ1) is 14.9. The molecule has 1 heterocycles. The zero-order valence-electron chi connectivity index (χ0n) is 18.2. The molecule has 1 amide bonds. The molecule has 168 valence electrons. The Morgan fingerprint density at radius 1 is 1.16 bits per heavy atom. The molecule has 0 unspecified atom stereocenters. The number of β-amino-alcohol motifs (C(OH)–C–C–N with tert-alkyl or cyclic N) is 1. The van der Waals surface area contributed by atoms with E-state index in [2.05, 4.69) is 10.2 Å². The third kappa shape index (κ3) is 6.95. The molecular weight excluding hydrogens is 396 g/mol. The summed E-state index contributed by atoms with van der Waals surface area (Å²) in [7, 11) is 1.60. The second-order valence-electron chi connectivity index (χ2n) is 8.01. The van der Waals surface area contributed by atoms with E-state index in [1.807, 2.05) is 31.2 Å². The first-order valence-electron chi connectivity index (χ1n) is 10.7. The van der Waals surface area contributed by atoms with Gasteiger partial charge in [0.1, 0.15) is 17.6 Å². The van der Waals surface area contributed by atoms with E-state index in [9.17, 15) is 15.0 Å². The van der Waals surface area contributed by atoms with Crippen LogP contribution in [0.5, 0.6) is 11.5 Å². The van der Waals surface area contributed by atoms with Crippen molar-refractivity contribution in [2.45, 2.75) is 38.0 Å². The number of aliphatic hydroxyl groups is 2. The van der Waals surface area contributed by atoms with Gasteiger partial charge in [-0.25, -0.2) is 0 Å². The van der Waals surface area contributed by atoms with Crippen molar-refractivity contribution in [3.8, 4) is 11.5 Å². The van der Waals surface area contributed by atoms with Crippen molar-refractivity contribution in [2.75, 3.05) is 33.4 Å². The van der Waals surface area contributed by atoms with Gasteiger partial charge >= 0.3 is 0 Å². The van der Waals surface area contributed by atoms with Crippen LogP contribution in [-0.2, 0) is 4.79 Å². The lowest BCUT2D eigenvalue weighted by molar-refractivity contribution is -0.123. The number of ether oxygens (including phenoxy) is 2. The molecule has 1 fully saturated rings. The molecule has 31 heavy (non-hydrogen) atoms. The number of nitrogens with one attached hydrogen (secondary N) is 1. The second-order valence-corrected chi connectivity index (χ2v) is 8.01. The summed E-state index contributed by atoms with van der Waals surface area (Å²) in [5, 5.41) is 23.7. The fourth-order valence-corrected chi connectivity index (χ4v) is 3.69. The zero-order valence-corrected chi connectivity index (χ0v) is 18.2. The highest BCUT2D eigenvalue weighted by Crippen LogP contribution is 2.21. The molecule has 0 aliphatic carbocycles. The molecule has 0 aromatic heterocycles. The second kappa shape index (κ2) is 11.1. The largest absolute Gasteiger partial charge is 0.497 e. The Hall–Kier alpha value is -2.61. The Balaban J connectivity index is 1.56. The molecule has 3 rings (SSSR count). The van der Waals surface area contributed by atoms with Gasteiger partial charge in [-0.15, -0.1) is 0 Å². The van der Waals surface area contributed by atoms with Crippen LogP contribution in [0, 0.1) is 6.92 Å². The van der Waals surface area contributed by atoms with Crippen molar-refractivity contribution in [1.29, 1.82) is 0 Å². The van der Waals surface area contributed by atoms with Crippen LogP contribution in [0.2, 0.25) is 0 Å². The maximum absolute atomic E-state index is 12.6. The normalized spacial score (nSPS) is 18.4. The monoisotopic (exact) mass is 428 g/mol. The van der Waals surface area contributed by atoms with Gasteiger partial charge in [0.2, 0.25) is 5.91 Å². The maximum atomic E-state index is 12.6. The fourth-order valence-electron chi connectivity index (χ4n) is 3.69. The summed E-state index contributed by atoms with van der Waals surface area (Å²) in [5.41, 5.74) is 1.86. The van der Waals surface area contributed by atoms with Gasteiger partial charge in [-0.1, -0.05) is 29.8 Å². The van der Waals surface area contributed by atoms with Crippen LogP contribution >= 0.6 is 0 Å². The lowest BCUT2D eigenvalue weighted by atomic mass is 10.0. The third-order valence-electron chi connectivity index (χ3n) is 5.51. The summed E-state index contributed by atoms with van der Waals surface area (Å²) < 4.78 is 10.8. The molecule has 0 saturated carbocycles. The van der Waals surface area contributed by atoms with Crippen molar-refractivity contribution in [3.63, 3.8) is 0 Å². The number of likely N-dealkylation sites (tertiary alicyclic amines) is 1. The van der Waals surface area contributed by atoms with E-state index in [1.165, 1.54) is 0 Å². The van der Waals surface area contributed by atoms with Crippen LogP contribution in [-0.4, -0.2) is 66.5 Å². The molecule has 1 aliphatic heterocycles. The highest BCUT2D eigenvalue weighted by molar-refractivity contribution is 5.76. The number of benzene rings is 2.